The zero-order valence-electron chi connectivity index (χ0n) is 31.5. The van der Waals surface area contributed by atoms with Crippen molar-refractivity contribution in [1.29, 1.82) is 0 Å². The van der Waals surface area contributed by atoms with Gasteiger partial charge < -0.3 is 5.11 Å². The average molecular weight is 691 g/mol. The highest BCUT2D eigenvalue weighted by atomic mass is 16.3. The molecule has 2 heteroatoms. The van der Waals surface area contributed by atoms with E-state index in [2.05, 4.69) is 123 Å². The third-order valence-corrected chi connectivity index (χ3v) is 10.3. The molecule has 0 fully saturated rings. The lowest BCUT2D eigenvalue weighted by Gasteiger charge is -2.17. The van der Waals surface area contributed by atoms with Gasteiger partial charge in [-0.15, -0.1) is 0 Å². The van der Waals surface area contributed by atoms with Crippen LogP contribution in [0.25, 0.3) is 43.8 Å². The lowest BCUT2D eigenvalue weighted by atomic mass is 9.91. The molecule has 0 aromatic heterocycles. The number of unbranched alkanes of at least 4 members (excludes halogenated alkanes) is 10. The van der Waals surface area contributed by atoms with Crippen LogP contribution in [-0.4, -0.2) is 10.9 Å². The van der Waals surface area contributed by atoms with Gasteiger partial charge in [0, 0.05) is 12.0 Å². The van der Waals surface area contributed by atoms with Crippen LogP contribution in [0.5, 0.6) is 0 Å². The maximum Gasteiger partial charge on any atom is 0.163 e. The van der Waals surface area contributed by atoms with Crippen molar-refractivity contribution >= 4 is 27.3 Å². The molecule has 0 radical (unpaired) electrons. The predicted molar refractivity (Wildman–Crippen MR) is 224 cm³/mol. The number of benzene rings is 6. The van der Waals surface area contributed by atoms with Crippen LogP contribution in [0.3, 0.4) is 0 Å². The standard InChI is InChI=1S/C25H30O.C25H28O/c2*1-2-3-4-5-6-7-19-25(26)24-17-11-10-16-23(24)22-18-12-14-20-13-8-9-15-21(20)22/h8-18,25-26H,2-7,19H2,1H3;8-18H,2-7,19H2,1H3. The van der Waals surface area contributed by atoms with E-state index in [1.165, 1.54) is 84.9 Å². The van der Waals surface area contributed by atoms with Crippen molar-refractivity contribution in [3.05, 3.63) is 145 Å². The Bertz CT molecular complexity index is 1960. The molecule has 0 aliphatic heterocycles. The number of rotatable bonds is 18. The number of aliphatic hydroxyl groups is 1. The number of carbonyl (C=O) groups is 1. The van der Waals surface area contributed by atoms with Gasteiger partial charge in [-0.25, -0.2) is 0 Å². The Morgan fingerprint density at radius 3 is 1.54 bits per heavy atom. The van der Waals surface area contributed by atoms with Gasteiger partial charge in [0.2, 0.25) is 0 Å². The van der Waals surface area contributed by atoms with Crippen LogP contribution in [0.2, 0.25) is 0 Å². The summed E-state index contributed by atoms with van der Waals surface area (Å²) in [5.41, 5.74) is 6.48. The topological polar surface area (TPSA) is 37.3 Å². The highest BCUT2D eigenvalue weighted by Crippen LogP contribution is 2.35. The Balaban J connectivity index is 0.000000201. The molecule has 0 heterocycles. The van der Waals surface area contributed by atoms with Gasteiger partial charge in [0.25, 0.3) is 0 Å². The second kappa shape index (κ2) is 21.1. The monoisotopic (exact) mass is 690 g/mol. The number of ketones is 1. The van der Waals surface area contributed by atoms with E-state index in [1.807, 2.05) is 24.3 Å². The van der Waals surface area contributed by atoms with Gasteiger partial charge in [-0.1, -0.05) is 218 Å². The van der Waals surface area contributed by atoms with E-state index >= 15 is 0 Å². The predicted octanol–water partition coefficient (Wildman–Crippen LogP) is 14.7. The van der Waals surface area contributed by atoms with Gasteiger partial charge in [0.15, 0.2) is 5.78 Å². The van der Waals surface area contributed by atoms with Gasteiger partial charge >= 0.3 is 0 Å². The lowest BCUT2D eigenvalue weighted by Crippen LogP contribution is -2.02. The second-order valence-electron chi connectivity index (χ2n) is 14.2. The van der Waals surface area contributed by atoms with Crippen LogP contribution in [0.15, 0.2) is 133 Å². The molecule has 1 unspecified atom stereocenters. The normalized spacial score (nSPS) is 11.7. The summed E-state index contributed by atoms with van der Waals surface area (Å²) in [5, 5.41) is 15.7. The molecule has 270 valence electrons. The second-order valence-corrected chi connectivity index (χ2v) is 14.2. The zero-order chi connectivity index (χ0) is 36.4. The molecule has 6 rings (SSSR count). The molecule has 52 heavy (non-hydrogen) atoms. The molecule has 6 aromatic carbocycles. The maximum absolute atomic E-state index is 12.9. The Hall–Kier alpha value is -4.53. The fourth-order valence-corrected chi connectivity index (χ4v) is 7.39. The lowest BCUT2D eigenvalue weighted by molar-refractivity contribution is 0.0979. The molecule has 6 aromatic rings. The fraction of sp³-hybridized carbons (Fsp3) is 0.340. The van der Waals surface area contributed by atoms with Crippen LogP contribution in [-0.2, 0) is 0 Å². The van der Waals surface area contributed by atoms with Crippen molar-refractivity contribution in [2.24, 2.45) is 0 Å². The summed E-state index contributed by atoms with van der Waals surface area (Å²) in [7, 11) is 0. The average Bonchev–Trinajstić information content (AvgIpc) is 3.20. The van der Waals surface area contributed by atoms with Gasteiger partial charge in [0.05, 0.1) is 6.10 Å². The first-order chi connectivity index (χ1) is 25.6. The van der Waals surface area contributed by atoms with Crippen molar-refractivity contribution in [3.8, 4) is 22.3 Å². The highest BCUT2D eigenvalue weighted by molar-refractivity contribution is 6.06. The number of Topliss-reactive ketones (excluding diaryl/α,β-unsaturated/α-hetero) is 1. The van der Waals surface area contributed by atoms with Gasteiger partial charge in [-0.05, 0) is 62.2 Å². The van der Waals surface area contributed by atoms with Gasteiger partial charge in [-0.2, -0.15) is 0 Å². The van der Waals surface area contributed by atoms with Crippen LogP contribution >= 0.6 is 0 Å². The number of fused-ring (bicyclic) bond motifs is 2. The Morgan fingerprint density at radius 2 is 0.904 bits per heavy atom. The Kier molecular flexibility index (Phi) is 15.7. The molecular formula is C50H58O2. The summed E-state index contributed by atoms with van der Waals surface area (Å²) in [6.45, 7) is 4.47. The minimum Gasteiger partial charge on any atom is -0.388 e. The molecule has 2 nitrogen and oxygen atoms in total. The molecular weight excluding hydrogens is 633 g/mol. The van der Waals surface area contributed by atoms with Crippen molar-refractivity contribution in [1.82, 2.24) is 0 Å². The third kappa shape index (κ3) is 10.7. The smallest absolute Gasteiger partial charge is 0.163 e. The largest absolute Gasteiger partial charge is 0.388 e. The van der Waals surface area contributed by atoms with E-state index < -0.39 is 6.10 Å². The summed E-state index contributed by atoms with van der Waals surface area (Å²) in [6.07, 6.45) is 15.9. The summed E-state index contributed by atoms with van der Waals surface area (Å²) >= 11 is 0. The summed E-state index contributed by atoms with van der Waals surface area (Å²) in [5.74, 6) is 0.268. The summed E-state index contributed by atoms with van der Waals surface area (Å²) in [4.78, 5) is 12.9. The van der Waals surface area contributed by atoms with Crippen molar-refractivity contribution in [2.45, 2.75) is 110 Å². The van der Waals surface area contributed by atoms with Crippen LogP contribution < -0.4 is 0 Å². The van der Waals surface area contributed by atoms with Crippen molar-refractivity contribution < 1.29 is 9.90 Å². The van der Waals surface area contributed by atoms with Gasteiger partial charge in [0.1, 0.15) is 0 Å². The molecule has 0 spiro atoms. The van der Waals surface area contributed by atoms with Gasteiger partial charge in [-0.3, -0.25) is 4.79 Å². The minimum absolute atomic E-state index is 0.268. The SMILES string of the molecule is CCCCCCCCC(=O)c1ccccc1-c1cccc2ccccc12.CCCCCCCCC(O)c1ccccc1-c1cccc2ccccc12. The Morgan fingerprint density at radius 1 is 0.462 bits per heavy atom. The minimum atomic E-state index is -0.392. The summed E-state index contributed by atoms with van der Waals surface area (Å²) < 4.78 is 0. The molecule has 0 amide bonds. The van der Waals surface area contributed by atoms with E-state index in [0.29, 0.717) is 6.42 Å². The molecule has 0 aliphatic rings. The summed E-state index contributed by atoms with van der Waals surface area (Å²) in [6, 6.07) is 46.0. The quantitative estimate of drug-likeness (QED) is 0.0720. The van der Waals surface area contributed by atoms with Crippen LogP contribution in [0.4, 0.5) is 0 Å². The Labute approximate surface area is 312 Å². The van der Waals surface area contributed by atoms with Crippen LogP contribution in [0, 0.1) is 0 Å². The molecule has 0 aliphatic carbocycles. The fourth-order valence-electron chi connectivity index (χ4n) is 7.39. The van der Waals surface area contributed by atoms with E-state index in [-0.39, 0.29) is 5.78 Å². The molecule has 0 saturated heterocycles. The van der Waals surface area contributed by atoms with Crippen LogP contribution in [0.1, 0.15) is 126 Å². The first kappa shape index (κ1) is 38.7. The van der Waals surface area contributed by atoms with E-state index in [1.54, 1.807) is 0 Å². The number of hydrogen-bond acceptors (Lipinski definition) is 2. The molecule has 1 atom stereocenters. The molecule has 1 N–H and O–H groups in total. The zero-order valence-corrected chi connectivity index (χ0v) is 31.5. The number of aliphatic hydroxyl groups excluding tert-OH is 1. The van der Waals surface area contributed by atoms with E-state index in [0.717, 1.165) is 53.5 Å². The number of hydrogen-bond donors (Lipinski definition) is 1. The first-order valence-corrected chi connectivity index (χ1v) is 20.0. The van der Waals surface area contributed by atoms with E-state index in [4.69, 9.17) is 0 Å². The maximum atomic E-state index is 12.9. The first-order valence-electron chi connectivity index (χ1n) is 20.0. The van der Waals surface area contributed by atoms with Crippen molar-refractivity contribution in [2.75, 3.05) is 0 Å². The third-order valence-electron chi connectivity index (χ3n) is 10.3. The van der Waals surface area contributed by atoms with Crippen molar-refractivity contribution in [3.63, 3.8) is 0 Å². The molecule has 0 saturated carbocycles. The molecule has 0 bridgehead atoms. The van der Waals surface area contributed by atoms with E-state index in [9.17, 15) is 9.90 Å². The number of carbonyl (C=O) groups excluding carboxylic acids is 1. The highest BCUT2D eigenvalue weighted by Gasteiger charge is 2.16.